The lowest BCUT2D eigenvalue weighted by Gasteiger charge is -2.14. The van der Waals surface area contributed by atoms with E-state index in [1.165, 1.54) is 0 Å². The first-order chi connectivity index (χ1) is 11.7. The van der Waals surface area contributed by atoms with E-state index in [0.29, 0.717) is 6.61 Å². The Morgan fingerprint density at radius 2 is 1.92 bits per heavy atom. The Balaban J connectivity index is 1.80. The highest BCUT2D eigenvalue weighted by atomic mass is 16.5. The van der Waals surface area contributed by atoms with Gasteiger partial charge in [-0.3, -0.25) is 4.79 Å². The lowest BCUT2D eigenvalue weighted by atomic mass is 10.1. The molecule has 0 aliphatic rings. The van der Waals surface area contributed by atoms with Gasteiger partial charge in [0.05, 0.1) is 13.2 Å². The Morgan fingerprint density at radius 3 is 2.67 bits per heavy atom. The van der Waals surface area contributed by atoms with Crippen molar-refractivity contribution in [3.8, 4) is 5.75 Å². The van der Waals surface area contributed by atoms with Gasteiger partial charge in [-0.15, -0.1) is 0 Å². The fourth-order valence-corrected chi connectivity index (χ4v) is 2.31. The summed E-state index contributed by atoms with van der Waals surface area (Å²) in [6.45, 7) is 5.13. The van der Waals surface area contributed by atoms with E-state index >= 15 is 0 Å². The van der Waals surface area contributed by atoms with Crippen LogP contribution in [-0.4, -0.2) is 19.1 Å². The zero-order chi connectivity index (χ0) is 17.2. The average molecular weight is 326 g/mol. The fraction of sp³-hybridized carbons (Fsp3) is 0.350. The largest absolute Gasteiger partial charge is 0.494 e. The van der Waals surface area contributed by atoms with Crippen LogP contribution in [0.15, 0.2) is 54.6 Å². The molecule has 0 aliphatic carbocycles. The first-order valence-electron chi connectivity index (χ1n) is 8.50. The van der Waals surface area contributed by atoms with Crippen molar-refractivity contribution < 1.29 is 9.53 Å². The Morgan fingerprint density at radius 1 is 1.12 bits per heavy atom. The predicted octanol–water partition coefficient (Wildman–Crippen LogP) is 4.15. The number of carbonyl (C=O) groups excluding carboxylic acids is 1. The Labute approximate surface area is 144 Å². The molecule has 2 aromatic carbocycles. The van der Waals surface area contributed by atoms with Crippen LogP contribution in [0.3, 0.4) is 0 Å². The summed E-state index contributed by atoms with van der Waals surface area (Å²) in [6.07, 6.45) is 2.12. The van der Waals surface area contributed by atoms with Crippen LogP contribution in [0.25, 0.3) is 0 Å². The van der Waals surface area contributed by atoms with Crippen LogP contribution in [0.5, 0.6) is 5.75 Å². The summed E-state index contributed by atoms with van der Waals surface area (Å²) in [7, 11) is 0. The molecule has 1 unspecified atom stereocenters. The van der Waals surface area contributed by atoms with E-state index in [9.17, 15) is 4.79 Å². The van der Waals surface area contributed by atoms with Gasteiger partial charge in [-0.1, -0.05) is 49.7 Å². The molecule has 0 radical (unpaired) electrons. The van der Waals surface area contributed by atoms with Gasteiger partial charge in [0.15, 0.2) is 0 Å². The fourth-order valence-electron chi connectivity index (χ4n) is 2.31. The second-order valence-corrected chi connectivity index (χ2v) is 5.79. The zero-order valence-electron chi connectivity index (χ0n) is 14.4. The number of carbonyl (C=O) groups is 1. The molecule has 2 aromatic rings. The molecule has 0 spiro atoms. The van der Waals surface area contributed by atoms with Gasteiger partial charge in [0.2, 0.25) is 5.91 Å². The molecule has 2 rings (SSSR count). The molecule has 0 saturated carbocycles. The predicted molar refractivity (Wildman–Crippen MR) is 98.3 cm³/mol. The quantitative estimate of drug-likeness (QED) is 0.681. The monoisotopic (exact) mass is 326 g/mol. The molecule has 2 N–H and O–H groups in total. The summed E-state index contributed by atoms with van der Waals surface area (Å²) in [5.41, 5.74) is 1.92. The van der Waals surface area contributed by atoms with E-state index < -0.39 is 0 Å². The molecule has 1 atom stereocenters. The van der Waals surface area contributed by atoms with Crippen LogP contribution >= 0.6 is 0 Å². The van der Waals surface area contributed by atoms with Gasteiger partial charge < -0.3 is 15.4 Å². The molecule has 4 nitrogen and oxygen atoms in total. The van der Waals surface area contributed by atoms with E-state index in [-0.39, 0.29) is 18.5 Å². The van der Waals surface area contributed by atoms with Crippen LogP contribution in [0, 0.1) is 0 Å². The zero-order valence-corrected chi connectivity index (χ0v) is 14.4. The van der Waals surface area contributed by atoms with Gasteiger partial charge in [-0.25, -0.2) is 0 Å². The number of nitrogens with one attached hydrogen (secondary N) is 2. The molecule has 0 heterocycles. The normalized spacial score (nSPS) is 11.8. The second-order valence-electron chi connectivity index (χ2n) is 5.79. The Hall–Kier alpha value is -2.33. The van der Waals surface area contributed by atoms with Gasteiger partial charge in [0.1, 0.15) is 5.75 Å². The molecule has 0 bridgehead atoms. The Kier molecular flexibility index (Phi) is 7.30. The van der Waals surface area contributed by atoms with Crippen molar-refractivity contribution >= 4 is 11.6 Å². The van der Waals surface area contributed by atoms with Gasteiger partial charge in [-0.05, 0) is 31.0 Å². The molecule has 0 aliphatic heterocycles. The number of hydrogen-bond donors (Lipinski definition) is 2. The van der Waals surface area contributed by atoms with Crippen LogP contribution in [0.4, 0.5) is 5.69 Å². The summed E-state index contributed by atoms with van der Waals surface area (Å²) in [5.74, 6) is 0.718. The van der Waals surface area contributed by atoms with E-state index in [1.54, 1.807) is 0 Å². The van der Waals surface area contributed by atoms with Crippen molar-refractivity contribution in [3.63, 3.8) is 0 Å². The lowest BCUT2D eigenvalue weighted by molar-refractivity contribution is -0.115. The molecule has 4 heteroatoms. The number of unbranched alkanes of at least 4 members (excludes halogenated alkanes) is 1. The van der Waals surface area contributed by atoms with Crippen molar-refractivity contribution in [2.75, 3.05) is 18.5 Å². The molecule has 0 saturated heterocycles. The number of amides is 1. The molecular weight excluding hydrogens is 300 g/mol. The number of benzene rings is 2. The Bertz CT molecular complexity index is 629. The third-order valence-electron chi connectivity index (χ3n) is 3.75. The maximum Gasteiger partial charge on any atom is 0.238 e. The molecule has 1 amide bonds. The average Bonchev–Trinajstić information content (AvgIpc) is 2.61. The summed E-state index contributed by atoms with van der Waals surface area (Å²) < 4.78 is 5.66. The maximum atomic E-state index is 12.1. The molecule has 128 valence electrons. The first kappa shape index (κ1) is 18.0. The lowest BCUT2D eigenvalue weighted by Crippen LogP contribution is -2.30. The van der Waals surface area contributed by atoms with E-state index in [4.69, 9.17) is 4.74 Å². The summed E-state index contributed by atoms with van der Waals surface area (Å²) in [6, 6.07) is 17.7. The van der Waals surface area contributed by atoms with Crippen molar-refractivity contribution in [1.82, 2.24) is 5.32 Å². The summed E-state index contributed by atoms with van der Waals surface area (Å²) >= 11 is 0. The third-order valence-corrected chi connectivity index (χ3v) is 3.75. The van der Waals surface area contributed by atoms with E-state index in [2.05, 4.69) is 17.6 Å². The number of rotatable bonds is 9. The second kappa shape index (κ2) is 9.73. The van der Waals surface area contributed by atoms with E-state index in [1.807, 2.05) is 61.5 Å². The smallest absolute Gasteiger partial charge is 0.238 e. The highest BCUT2D eigenvalue weighted by molar-refractivity contribution is 5.92. The van der Waals surface area contributed by atoms with Crippen molar-refractivity contribution in [2.45, 2.75) is 32.7 Å². The van der Waals surface area contributed by atoms with Crippen molar-refractivity contribution in [1.29, 1.82) is 0 Å². The summed E-state index contributed by atoms with van der Waals surface area (Å²) in [4.78, 5) is 12.1. The van der Waals surface area contributed by atoms with Crippen LogP contribution in [0.1, 0.15) is 38.3 Å². The van der Waals surface area contributed by atoms with Crippen molar-refractivity contribution in [3.05, 3.63) is 60.2 Å². The van der Waals surface area contributed by atoms with Crippen LogP contribution in [0.2, 0.25) is 0 Å². The van der Waals surface area contributed by atoms with Gasteiger partial charge in [-0.2, -0.15) is 0 Å². The maximum absolute atomic E-state index is 12.1. The van der Waals surface area contributed by atoms with Gasteiger partial charge in [0.25, 0.3) is 0 Å². The molecule has 24 heavy (non-hydrogen) atoms. The highest BCUT2D eigenvalue weighted by Crippen LogP contribution is 2.17. The topological polar surface area (TPSA) is 50.4 Å². The molecular formula is C20H26N2O2. The number of anilines is 1. The van der Waals surface area contributed by atoms with Crippen LogP contribution in [-0.2, 0) is 4.79 Å². The van der Waals surface area contributed by atoms with Gasteiger partial charge >= 0.3 is 0 Å². The molecule has 0 fully saturated rings. The minimum atomic E-state index is -0.0662. The van der Waals surface area contributed by atoms with Gasteiger partial charge in [0, 0.05) is 17.8 Å². The molecule has 0 aromatic heterocycles. The minimum absolute atomic E-state index is 0.0662. The highest BCUT2D eigenvalue weighted by Gasteiger charge is 2.08. The standard InChI is InChI=1S/C20H26N2O2/c1-3-4-13-24-19-12-8-11-18(14-19)22-20(23)15-21-16(2)17-9-6-5-7-10-17/h5-12,14,16,21H,3-4,13,15H2,1-2H3,(H,22,23). The number of ether oxygens (including phenoxy) is 1. The first-order valence-corrected chi connectivity index (χ1v) is 8.50. The van der Waals surface area contributed by atoms with Crippen LogP contribution < -0.4 is 15.4 Å². The SMILES string of the molecule is CCCCOc1cccc(NC(=O)CNC(C)c2ccccc2)c1. The van der Waals surface area contributed by atoms with Crippen molar-refractivity contribution in [2.24, 2.45) is 0 Å². The third kappa shape index (κ3) is 6.05. The summed E-state index contributed by atoms with van der Waals surface area (Å²) in [5, 5.41) is 6.13. The van der Waals surface area contributed by atoms with E-state index in [0.717, 1.165) is 29.8 Å². The minimum Gasteiger partial charge on any atom is -0.494 e. The number of hydrogen-bond acceptors (Lipinski definition) is 3.